The van der Waals surface area contributed by atoms with E-state index in [9.17, 15) is 4.79 Å². The summed E-state index contributed by atoms with van der Waals surface area (Å²) in [5.41, 5.74) is 0. The van der Waals surface area contributed by atoms with Crippen molar-refractivity contribution in [2.75, 3.05) is 12.4 Å². The number of carbonyl (C=O) groups excluding carboxylic acids is 1. The summed E-state index contributed by atoms with van der Waals surface area (Å²) in [5.74, 6) is 0.969. The van der Waals surface area contributed by atoms with E-state index in [0.29, 0.717) is 18.1 Å². The van der Waals surface area contributed by atoms with Gasteiger partial charge in [-0.1, -0.05) is 6.07 Å². The van der Waals surface area contributed by atoms with Crippen LogP contribution < -0.4 is 10.1 Å². The molecule has 1 aromatic rings. The molecule has 0 saturated heterocycles. The maximum atomic E-state index is 9.98. The lowest BCUT2D eigenvalue weighted by Crippen LogP contribution is -1.97. The fourth-order valence-corrected chi connectivity index (χ4v) is 0.669. The van der Waals surface area contributed by atoms with Crippen LogP contribution in [0.5, 0.6) is 5.88 Å². The van der Waals surface area contributed by atoms with Crippen molar-refractivity contribution in [2.24, 2.45) is 0 Å². The summed E-state index contributed by atoms with van der Waals surface area (Å²) in [6.07, 6.45) is 0.571. The summed E-state index contributed by atoms with van der Waals surface area (Å²) >= 11 is 0. The van der Waals surface area contributed by atoms with Crippen molar-refractivity contribution in [3.8, 4) is 5.88 Å². The monoisotopic (exact) mass is 152 g/mol. The molecule has 4 heteroatoms. The highest BCUT2D eigenvalue weighted by atomic mass is 16.5. The first-order chi connectivity index (χ1) is 5.36. The number of rotatable bonds is 3. The highest BCUT2D eigenvalue weighted by Crippen LogP contribution is 2.09. The Morgan fingerprint density at radius 3 is 3.09 bits per heavy atom. The van der Waals surface area contributed by atoms with E-state index in [-0.39, 0.29) is 0 Å². The number of ether oxygens (including phenoxy) is 1. The van der Waals surface area contributed by atoms with Gasteiger partial charge in [0.05, 0.1) is 7.11 Å². The van der Waals surface area contributed by atoms with Gasteiger partial charge in [-0.3, -0.25) is 4.79 Å². The molecule has 0 bridgehead atoms. The van der Waals surface area contributed by atoms with Crippen LogP contribution in [0.3, 0.4) is 0 Å². The number of hydrogen-bond acceptors (Lipinski definition) is 3. The van der Waals surface area contributed by atoms with Gasteiger partial charge < -0.3 is 10.1 Å². The topological polar surface area (TPSA) is 51.2 Å². The van der Waals surface area contributed by atoms with Gasteiger partial charge in [0.2, 0.25) is 12.3 Å². The second-order valence-electron chi connectivity index (χ2n) is 1.83. The molecule has 58 valence electrons. The maximum Gasteiger partial charge on any atom is 0.214 e. The van der Waals surface area contributed by atoms with Crippen molar-refractivity contribution in [3.63, 3.8) is 0 Å². The van der Waals surface area contributed by atoms with Crippen molar-refractivity contribution >= 4 is 12.2 Å². The smallest absolute Gasteiger partial charge is 0.214 e. The minimum absolute atomic E-state index is 0.483. The molecule has 11 heavy (non-hydrogen) atoms. The number of aromatic nitrogens is 1. The third-order valence-electron chi connectivity index (χ3n) is 1.14. The van der Waals surface area contributed by atoms with Crippen LogP contribution in [0.25, 0.3) is 0 Å². The molecule has 0 aromatic carbocycles. The van der Waals surface area contributed by atoms with E-state index in [0.717, 1.165) is 0 Å². The Kier molecular flexibility index (Phi) is 2.43. The largest absolute Gasteiger partial charge is 0.481 e. The van der Waals surface area contributed by atoms with Crippen LogP contribution in [0.2, 0.25) is 0 Å². The van der Waals surface area contributed by atoms with Crippen LogP contribution in [0, 0.1) is 0 Å². The number of hydrogen-bond donors (Lipinski definition) is 1. The zero-order chi connectivity index (χ0) is 8.10. The number of amides is 1. The number of nitrogens with one attached hydrogen (secondary N) is 1. The molecular weight excluding hydrogens is 144 g/mol. The molecule has 1 N–H and O–H groups in total. The Morgan fingerprint density at radius 1 is 1.64 bits per heavy atom. The minimum atomic E-state index is 0.483. The van der Waals surface area contributed by atoms with E-state index < -0.39 is 0 Å². The van der Waals surface area contributed by atoms with Gasteiger partial charge in [-0.25, -0.2) is 0 Å². The van der Waals surface area contributed by atoms with Crippen molar-refractivity contribution < 1.29 is 9.53 Å². The Morgan fingerprint density at radius 2 is 2.45 bits per heavy atom. The molecule has 0 aliphatic rings. The highest BCUT2D eigenvalue weighted by Gasteiger charge is 1.93. The molecule has 0 spiro atoms. The SMILES string of the molecule is COc1cccc(NC=O)n1. The van der Waals surface area contributed by atoms with Gasteiger partial charge >= 0.3 is 0 Å². The van der Waals surface area contributed by atoms with E-state index >= 15 is 0 Å². The highest BCUT2D eigenvalue weighted by molar-refractivity contribution is 5.68. The van der Waals surface area contributed by atoms with Gasteiger partial charge in [0.1, 0.15) is 5.82 Å². The molecule has 0 saturated carbocycles. The molecule has 0 aliphatic heterocycles. The molecular formula is C7H8N2O2. The minimum Gasteiger partial charge on any atom is -0.481 e. The number of carbonyl (C=O) groups is 1. The fraction of sp³-hybridized carbons (Fsp3) is 0.143. The quantitative estimate of drug-likeness (QED) is 0.647. The van der Waals surface area contributed by atoms with Gasteiger partial charge in [0.25, 0.3) is 0 Å². The Balaban J connectivity index is 2.82. The van der Waals surface area contributed by atoms with E-state index in [1.165, 1.54) is 7.11 Å². The van der Waals surface area contributed by atoms with Crippen LogP contribution in [0.15, 0.2) is 18.2 Å². The molecule has 0 atom stereocenters. The van der Waals surface area contributed by atoms with Crippen LogP contribution in [0.1, 0.15) is 0 Å². The zero-order valence-electron chi connectivity index (χ0n) is 6.07. The lowest BCUT2D eigenvalue weighted by molar-refractivity contribution is -0.105. The average Bonchev–Trinajstić information content (AvgIpc) is 2.06. The normalized spacial score (nSPS) is 8.82. The van der Waals surface area contributed by atoms with Gasteiger partial charge in [-0.15, -0.1) is 0 Å². The molecule has 1 aromatic heterocycles. The summed E-state index contributed by atoms with van der Waals surface area (Å²) < 4.78 is 4.83. The van der Waals surface area contributed by atoms with Gasteiger partial charge in [-0.2, -0.15) is 4.98 Å². The van der Waals surface area contributed by atoms with Gasteiger partial charge in [-0.05, 0) is 6.07 Å². The number of nitrogens with zero attached hydrogens (tertiary/aromatic N) is 1. The van der Waals surface area contributed by atoms with Crippen molar-refractivity contribution in [1.29, 1.82) is 0 Å². The predicted octanol–water partition coefficient (Wildman–Crippen LogP) is 0.658. The predicted molar refractivity (Wildman–Crippen MR) is 40.5 cm³/mol. The fourth-order valence-electron chi connectivity index (χ4n) is 0.669. The summed E-state index contributed by atoms with van der Waals surface area (Å²) in [7, 11) is 1.52. The van der Waals surface area contributed by atoms with E-state index in [4.69, 9.17) is 4.74 Å². The molecule has 0 fully saturated rings. The molecule has 4 nitrogen and oxygen atoms in total. The molecule has 1 heterocycles. The summed E-state index contributed by atoms with van der Waals surface area (Å²) in [4.78, 5) is 13.9. The molecule has 0 radical (unpaired) electrons. The zero-order valence-corrected chi connectivity index (χ0v) is 6.07. The van der Waals surface area contributed by atoms with Crippen molar-refractivity contribution in [3.05, 3.63) is 18.2 Å². The summed E-state index contributed by atoms with van der Waals surface area (Å²) in [6.45, 7) is 0. The first-order valence-electron chi connectivity index (χ1n) is 3.08. The van der Waals surface area contributed by atoms with Crippen LogP contribution >= 0.6 is 0 Å². The maximum absolute atomic E-state index is 9.98. The molecule has 0 aliphatic carbocycles. The lowest BCUT2D eigenvalue weighted by atomic mass is 10.4. The van der Waals surface area contributed by atoms with Gasteiger partial charge in [0, 0.05) is 6.07 Å². The van der Waals surface area contributed by atoms with E-state index in [1.54, 1.807) is 18.2 Å². The third kappa shape index (κ3) is 1.93. The third-order valence-corrected chi connectivity index (χ3v) is 1.14. The summed E-state index contributed by atoms with van der Waals surface area (Å²) in [5, 5.41) is 2.41. The second-order valence-corrected chi connectivity index (χ2v) is 1.83. The number of methoxy groups -OCH3 is 1. The van der Waals surface area contributed by atoms with Crippen LogP contribution in [0.4, 0.5) is 5.82 Å². The molecule has 0 unspecified atom stereocenters. The summed E-state index contributed by atoms with van der Waals surface area (Å²) in [6, 6.07) is 5.13. The number of pyridine rings is 1. The van der Waals surface area contributed by atoms with Crippen molar-refractivity contribution in [1.82, 2.24) is 4.98 Å². The van der Waals surface area contributed by atoms with E-state index in [2.05, 4.69) is 10.3 Å². The lowest BCUT2D eigenvalue weighted by Gasteiger charge is -1.99. The van der Waals surface area contributed by atoms with Crippen LogP contribution in [-0.2, 0) is 4.79 Å². The standard InChI is InChI=1S/C7H8N2O2/c1-11-7-4-2-3-6(9-7)8-5-10/h2-5H,1H3,(H,8,9,10). The Hall–Kier alpha value is -1.58. The van der Waals surface area contributed by atoms with E-state index in [1.807, 2.05) is 0 Å². The van der Waals surface area contributed by atoms with Gasteiger partial charge in [0.15, 0.2) is 0 Å². The number of anilines is 1. The Bertz CT molecular complexity index is 250. The second kappa shape index (κ2) is 3.55. The molecule has 1 amide bonds. The average molecular weight is 152 g/mol. The molecule has 1 rings (SSSR count). The first kappa shape index (κ1) is 7.53. The Labute approximate surface area is 64.2 Å². The first-order valence-corrected chi connectivity index (χ1v) is 3.08. The van der Waals surface area contributed by atoms with Crippen LogP contribution in [-0.4, -0.2) is 18.5 Å². The van der Waals surface area contributed by atoms with Crippen molar-refractivity contribution in [2.45, 2.75) is 0 Å².